The van der Waals surface area contributed by atoms with E-state index in [9.17, 15) is 0 Å². The molecule has 0 radical (unpaired) electrons. The second-order valence-electron chi connectivity index (χ2n) is 5.73. The van der Waals surface area contributed by atoms with E-state index in [1.165, 1.54) is 38.8 Å². The van der Waals surface area contributed by atoms with E-state index in [4.69, 9.17) is 5.84 Å². The third-order valence-electron chi connectivity index (χ3n) is 4.42. The lowest BCUT2D eigenvalue weighted by Crippen LogP contribution is -2.41. The van der Waals surface area contributed by atoms with E-state index in [2.05, 4.69) is 25.2 Å². The molecule has 0 saturated carbocycles. The van der Waals surface area contributed by atoms with E-state index in [0.717, 1.165) is 24.1 Å². The first-order valence-electron chi connectivity index (χ1n) is 7.69. The van der Waals surface area contributed by atoms with Crippen molar-refractivity contribution in [3.8, 4) is 0 Å². The van der Waals surface area contributed by atoms with Crippen LogP contribution in [0.5, 0.6) is 0 Å². The second-order valence-corrected chi connectivity index (χ2v) is 6.50. The van der Waals surface area contributed by atoms with Crippen LogP contribution in [0.4, 0.5) is 11.6 Å². The zero-order valence-electron chi connectivity index (χ0n) is 12.6. The highest BCUT2D eigenvalue weighted by molar-refractivity contribution is 7.98. The van der Waals surface area contributed by atoms with Crippen LogP contribution in [-0.4, -0.2) is 53.3 Å². The summed E-state index contributed by atoms with van der Waals surface area (Å²) in [6.07, 6.45) is 7.30. The Morgan fingerprint density at radius 1 is 1.24 bits per heavy atom. The number of nitrogens with two attached hydrogens (primary N) is 1. The molecule has 0 bridgehead atoms. The highest BCUT2D eigenvalue weighted by Gasteiger charge is 2.29. The van der Waals surface area contributed by atoms with E-state index in [1.54, 1.807) is 11.8 Å². The number of hydrogen-bond acceptors (Lipinski definition) is 7. The lowest BCUT2D eigenvalue weighted by Gasteiger charge is -2.32. The average molecular weight is 308 g/mol. The molecule has 6 nitrogen and oxygen atoms in total. The average Bonchev–Trinajstić information content (AvgIpc) is 3.05. The Morgan fingerprint density at radius 3 is 2.76 bits per heavy atom. The van der Waals surface area contributed by atoms with Gasteiger partial charge in [-0.05, 0) is 38.6 Å². The summed E-state index contributed by atoms with van der Waals surface area (Å²) in [5.41, 5.74) is 2.64. The molecule has 0 amide bonds. The molecular weight excluding hydrogens is 284 g/mol. The summed E-state index contributed by atoms with van der Waals surface area (Å²) in [6, 6.07) is 2.62. The normalized spacial score (nSPS) is 23.5. The second kappa shape index (κ2) is 6.81. The molecule has 116 valence electrons. The van der Waals surface area contributed by atoms with Gasteiger partial charge in [-0.2, -0.15) is 0 Å². The van der Waals surface area contributed by atoms with Gasteiger partial charge in [-0.1, -0.05) is 18.2 Å². The number of hydrogen-bond donors (Lipinski definition) is 2. The zero-order valence-corrected chi connectivity index (χ0v) is 13.4. The molecule has 2 fully saturated rings. The van der Waals surface area contributed by atoms with Crippen molar-refractivity contribution in [3.05, 3.63) is 6.07 Å². The number of piperidine rings is 1. The van der Waals surface area contributed by atoms with E-state index in [0.29, 0.717) is 11.9 Å². The summed E-state index contributed by atoms with van der Waals surface area (Å²) < 4.78 is 0. The molecule has 1 aromatic rings. The molecule has 21 heavy (non-hydrogen) atoms. The summed E-state index contributed by atoms with van der Waals surface area (Å²) in [5, 5.41) is 0.766. The zero-order chi connectivity index (χ0) is 14.7. The molecule has 1 unspecified atom stereocenters. The van der Waals surface area contributed by atoms with Gasteiger partial charge in [0.2, 0.25) is 0 Å². The first-order chi connectivity index (χ1) is 10.3. The molecule has 2 aliphatic heterocycles. The van der Waals surface area contributed by atoms with Gasteiger partial charge in [0.25, 0.3) is 0 Å². The van der Waals surface area contributed by atoms with Crippen LogP contribution in [0.3, 0.4) is 0 Å². The van der Waals surface area contributed by atoms with Gasteiger partial charge in [0.1, 0.15) is 11.6 Å². The molecule has 2 saturated heterocycles. The highest BCUT2D eigenvalue weighted by Crippen LogP contribution is 2.26. The summed E-state index contributed by atoms with van der Waals surface area (Å²) in [6.45, 7) is 4.65. The Bertz CT molecular complexity index is 454. The Labute approximate surface area is 130 Å². The molecule has 2 aliphatic rings. The quantitative estimate of drug-likeness (QED) is 0.378. The standard InChI is InChI=1S/C14H24N6S/c1-21-14-16-12(18-15)9-13(17-14)20-8-5-11(10-20)19-6-3-2-4-7-19/h9,11H,2-8,10,15H2,1H3,(H,16,17,18). The molecule has 3 N–H and O–H groups in total. The maximum absolute atomic E-state index is 5.51. The Balaban J connectivity index is 1.70. The first-order valence-corrected chi connectivity index (χ1v) is 8.91. The Hall–Kier alpha value is -1.05. The van der Waals surface area contributed by atoms with Crippen LogP contribution in [0.25, 0.3) is 0 Å². The monoisotopic (exact) mass is 308 g/mol. The van der Waals surface area contributed by atoms with E-state index >= 15 is 0 Å². The fourth-order valence-corrected chi connectivity index (χ4v) is 3.65. The van der Waals surface area contributed by atoms with Crippen molar-refractivity contribution in [1.82, 2.24) is 14.9 Å². The topological polar surface area (TPSA) is 70.3 Å². The summed E-state index contributed by atoms with van der Waals surface area (Å²) in [5.74, 6) is 7.18. The third-order valence-corrected chi connectivity index (χ3v) is 4.96. The van der Waals surface area contributed by atoms with Crippen LogP contribution in [-0.2, 0) is 0 Å². The summed E-state index contributed by atoms with van der Waals surface area (Å²) in [4.78, 5) is 14.0. The van der Waals surface area contributed by atoms with Crippen LogP contribution in [0.15, 0.2) is 11.2 Å². The van der Waals surface area contributed by atoms with E-state index in [1.807, 2.05) is 12.3 Å². The van der Waals surface area contributed by atoms with Gasteiger partial charge in [0, 0.05) is 25.2 Å². The molecule has 3 heterocycles. The fraction of sp³-hybridized carbons (Fsp3) is 0.714. The predicted octanol–water partition coefficient (Wildman–Crippen LogP) is 1.55. The van der Waals surface area contributed by atoms with Crippen molar-refractivity contribution < 1.29 is 0 Å². The predicted molar refractivity (Wildman–Crippen MR) is 87.7 cm³/mol. The van der Waals surface area contributed by atoms with Crippen LogP contribution >= 0.6 is 11.8 Å². The molecule has 1 aromatic heterocycles. The van der Waals surface area contributed by atoms with Gasteiger partial charge in [0.05, 0.1) is 0 Å². The Kier molecular flexibility index (Phi) is 4.82. The van der Waals surface area contributed by atoms with Gasteiger partial charge >= 0.3 is 0 Å². The number of thioether (sulfide) groups is 1. The van der Waals surface area contributed by atoms with Crippen molar-refractivity contribution in [3.63, 3.8) is 0 Å². The van der Waals surface area contributed by atoms with Crippen LogP contribution in [0.1, 0.15) is 25.7 Å². The lowest BCUT2D eigenvalue weighted by molar-refractivity contribution is 0.175. The van der Waals surface area contributed by atoms with Crippen molar-refractivity contribution in [2.75, 3.05) is 42.8 Å². The third kappa shape index (κ3) is 3.41. The van der Waals surface area contributed by atoms with Gasteiger partial charge in [-0.3, -0.25) is 4.90 Å². The van der Waals surface area contributed by atoms with Crippen molar-refractivity contribution in [1.29, 1.82) is 0 Å². The maximum Gasteiger partial charge on any atom is 0.191 e. The number of nitrogen functional groups attached to an aromatic ring is 1. The number of rotatable bonds is 4. The number of nitrogens with zero attached hydrogens (tertiary/aromatic N) is 4. The molecule has 3 rings (SSSR count). The van der Waals surface area contributed by atoms with Crippen LogP contribution in [0, 0.1) is 0 Å². The minimum Gasteiger partial charge on any atom is -0.355 e. The number of nitrogens with one attached hydrogen (secondary N) is 1. The molecule has 1 atom stereocenters. The number of likely N-dealkylation sites (tertiary alicyclic amines) is 1. The molecule has 0 spiro atoms. The molecular formula is C14H24N6S. The summed E-state index contributed by atoms with van der Waals surface area (Å²) in [7, 11) is 0. The molecule has 0 aliphatic carbocycles. The SMILES string of the molecule is CSc1nc(NN)cc(N2CCC(N3CCCCC3)C2)n1. The lowest BCUT2D eigenvalue weighted by atomic mass is 10.1. The van der Waals surface area contributed by atoms with Crippen molar-refractivity contribution >= 4 is 23.4 Å². The molecule has 0 aromatic carbocycles. The fourth-order valence-electron chi connectivity index (χ4n) is 3.27. The summed E-state index contributed by atoms with van der Waals surface area (Å²) >= 11 is 1.55. The van der Waals surface area contributed by atoms with E-state index < -0.39 is 0 Å². The van der Waals surface area contributed by atoms with Gasteiger partial charge in [-0.25, -0.2) is 15.8 Å². The largest absolute Gasteiger partial charge is 0.355 e. The minimum atomic E-state index is 0.673. The van der Waals surface area contributed by atoms with Crippen molar-refractivity contribution in [2.24, 2.45) is 5.84 Å². The Morgan fingerprint density at radius 2 is 2.05 bits per heavy atom. The number of anilines is 2. The molecule has 7 heteroatoms. The van der Waals surface area contributed by atoms with Gasteiger partial charge in [-0.15, -0.1) is 0 Å². The highest BCUT2D eigenvalue weighted by atomic mass is 32.2. The van der Waals surface area contributed by atoms with Crippen LogP contribution < -0.4 is 16.2 Å². The maximum atomic E-state index is 5.51. The first kappa shape index (κ1) is 14.9. The van der Waals surface area contributed by atoms with E-state index in [-0.39, 0.29) is 0 Å². The smallest absolute Gasteiger partial charge is 0.191 e. The van der Waals surface area contributed by atoms with Gasteiger partial charge in [0.15, 0.2) is 5.16 Å². The number of aromatic nitrogens is 2. The van der Waals surface area contributed by atoms with Gasteiger partial charge < -0.3 is 10.3 Å². The number of hydrazine groups is 1. The minimum absolute atomic E-state index is 0.673. The van der Waals surface area contributed by atoms with Crippen molar-refractivity contribution in [2.45, 2.75) is 36.9 Å². The van der Waals surface area contributed by atoms with Crippen LogP contribution in [0.2, 0.25) is 0 Å².